The molecule has 0 aliphatic heterocycles. The van der Waals surface area contributed by atoms with Crippen LogP contribution in [-0.4, -0.2) is 14.7 Å². The van der Waals surface area contributed by atoms with Gasteiger partial charge in [-0.3, -0.25) is 0 Å². The Labute approximate surface area is 118 Å². The summed E-state index contributed by atoms with van der Waals surface area (Å²) in [5.74, 6) is 0.928. The summed E-state index contributed by atoms with van der Waals surface area (Å²) in [6.45, 7) is 4.54. The number of benzene rings is 2. The third kappa shape index (κ3) is 2.32. The minimum Gasteiger partial charge on any atom is -0.387 e. The first kappa shape index (κ1) is 12.9. The van der Waals surface area contributed by atoms with Crippen molar-refractivity contribution in [1.82, 2.24) is 9.55 Å². The smallest absolute Gasteiger partial charge is 0.106 e. The van der Waals surface area contributed by atoms with Crippen LogP contribution in [-0.2, 0) is 6.54 Å². The van der Waals surface area contributed by atoms with Crippen molar-refractivity contribution in [2.45, 2.75) is 26.5 Å². The molecule has 0 saturated heterocycles. The Morgan fingerprint density at radius 2 is 1.75 bits per heavy atom. The van der Waals surface area contributed by atoms with Crippen molar-refractivity contribution < 1.29 is 5.11 Å². The molecule has 1 heterocycles. The Morgan fingerprint density at radius 3 is 2.50 bits per heavy atom. The summed E-state index contributed by atoms with van der Waals surface area (Å²) >= 11 is 0. The van der Waals surface area contributed by atoms with Gasteiger partial charge in [0.2, 0.25) is 0 Å². The van der Waals surface area contributed by atoms with Gasteiger partial charge in [0.15, 0.2) is 0 Å². The normalized spacial score (nSPS) is 12.8. The molecular formula is C17H18N2O. The Morgan fingerprint density at radius 1 is 1.05 bits per heavy atom. The molecule has 1 aromatic heterocycles. The minimum absolute atomic E-state index is 0.521. The highest BCUT2D eigenvalue weighted by atomic mass is 16.3. The van der Waals surface area contributed by atoms with Crippen molar-refractivity contribution in [3.8, 4) is 0 Å². The fourth-order valence-corrected chi connectivity index (χ4v) is 2.49. The largest absolute Gasteiger partial charge is 0.387 e. The topological polar surface area (TPSA) is 38.0 Å². The van der Waals surface area contributed by atoms with E-state index in [4.69, 9.17) is 0 Å². The van der Waals surface area contributed by atoms with Crippen LogP contribution in [0.2, 0.25) is 0 Å². The average molecular weight is 266 g/mol. The second-order valence-electron chi connectivity index (χ2n) is 5.18. The van der Waals surface area contributed by atoms with E-state index in [0.29, 0.717) is 6.54 Å². The van der Waals surface area contributed by atoms with Crippen LogP contribution in [0.3, 0.4) is 0 Å². The number of hydrogen-bond acceptors (Lipinski definition) is 2. The first-order chi connectivity index (χ1) is 9.65. The number of aromatic nitrogens is 2. The Bertz CT molecular complexity index is 728. The molecule has 0 bridgehead atoms. The van der Waals surface area contributed by atoms with E-state index in [2.05, 4.69) is 9.55 Å². The van der Waals surface area contributed by atoms with Crippen LogP contribution in [0.5, 0.6) is 0 Å². The maximum absolute atomic E-state index is 10.4. The van der Waals surface area contributed by atoms with Crippen LogP contribution in [0, 0.1) is 13.8 Å². The van der Waals surface area contributed by atoms with Crippen LogP contribution >= 0.6 is 0 Å². The van der Waals surface area contributed by atoms with Crippen LogP contribution < -0.4 is 0 Å². The van der Waals surface area contributed by atoms with Gasteiger partial charge in [0, 0.05) is 0 Å². The molecule has 1 atom stereocenters. The van der Waals surface area contributed by atoms with Gasteiger partial charge in [-0.05, 0) is 31.5 Å². The second-order valence-corrected chi connectivity index (χ2v) is 5.18. The lowest BCUT2D eigenvalue weighted by atomic mass is 10.1. The van der Waals surface area contributed by atoms with Gasteiger partial charge in [-0.2, -0.15) is 0 Å². The summed E-state index contributed by atoms with van der Waals surface area (Å²) < 4.78 is 2.07. The van der Waals surface area contributed by atoms with Crippen molar-refractivity contribution in [3.05, 3.63) is 65.5 Å². The number of rotatable bonds is 3. The summed E-state index contributed by atoms with van der Waals surface area (Å²) in [7, 11) is 0. The van der Waals surface area contributed by atoms with E-state index >= 15 is 0 Å². The molecule has 0 radical (unpaired) electrons. The van der Waals surface area contributed by atoms with Crippen LogP contribution in [0.4, 0.5) is 0 Å². The number of aliphatic hydroxyl groups is 1. The van der Waals surface area contributed by atoms with Gasteiger partial charge in [-0.1, -0.05) is 42.0 Å². The van der Waals surface area contributed by atoms with Gasteiger partial charge >= 0.3 is 0 Å². The Hall–Kier alpha value is -2.13. The third-order valence-electron chi connectivity index (χ3n) is 3.66. The van der Waals surface area contributed by atoms with E-state index in [0.717, 1.165) is 22.4 Å². The number of aliphatic hydroxyl groups excluding tert-OH is 1. The first-order valence-corrected chi connectivity index (χ1v) is 6.81. The predicted molar refractivity (Wildman–Crippen MR) is 80.6 cm³/mol. The number of fused-ring (bicyclic) bond motifs is 1. The highest BCUT2D eigenvalue weighted by Crippen LogP contribution is 2.21. The van der Waals surface area contributed by atoms with E-state index in [1.165, 1.54) is 5.56 Å². The maximum Gasteiger partial charge on any atom is 0.106 e. The molecule has 1 N–H and O–H groups in total. The lowest BCUT2D eigenvalue weighted by molar-refractivity contribution is 0.157. The number of para-hydroxylation sites is 2. The van der Waals surface area contributed by atoms with Crippen LogP contribution in [0.25, 0.3) is 11.0 Å². The second kappa shape index (κ2) is 5.10. The number of imidazole rings is 1. The molecule has 3 nitrogen and oxygen atoms in total. The molecule has 2 aromatic carbocycles. The molecule has 0 fully saturated rings. The van der Waals surface area contributed by atoms with Gasteiger partial charge in [0.05, 0.1) is 23.7 Å². The van der Waals surface area contributed by atoms with E-state index in [1.54, 1.807) is 0 Å². The maximum atomic E-state index is 10.4. The van der Waals surface area contributed by atoms with Crippen molar-refractivity contribution in [2.75, 3.05) is 0 Å². The molecule has 0 amide bonds. The molecule has 1 unspecified atom stereocenters. The predicted octanol–water partition coefficient (Wildman–Crippen LogP) is 3.39. The monoisotopic (exact) mass is 266 g/mol. The molecule has 20 heavy (non-hydrogen) atoms. The highest BCUT2D eigenvalue weighted by molar-refractivity contribution is 5.75. The fraction of sp³-hybridized carbons (Fsp3) is 0.235. The fourth-order valence-electron chi connectivity index (χ4n) is 2.49. The third-order valence-corrected chi connectivity index (χ3v) is 3.66. The Balaban J connectivity index is 1.92. The first-order valence-electron chi connectivity index (χ1n) is 6.81. The van der Waals surface area contributed by atoms with Crippen LogP contribution in [0.1, 0.15) is 23.1 Å². The van der Waals surface area contributed by atoms with E-state index in [1.807, 2.05) is 62.4 Å². The van der Waals surface area contributed by atoms with E-state index in [9.17, 15) is 5.11 Å². The molecule has 3 aromatic rings. The van der Waals surface area contributed by atoms with Crippen molar-refractivity contribution >= 4 is 11.0 Å². The van der Waals surface area contributed by atoms with Gasteiger partial charge in [-0.25, -0.2) is 4.98 Å². The molecule has 0 spiro atoms. The lowest BCUT2D eigenvalue weighted by Crippen LogP contribution is -2.10. The summed E-state index contributed by atoms with van der Waals surface area (Å²) in [5, 5.41) is 10.4. The zero-order valence-electron chi connectivity index (χ0n) is 11.7. The van der Waals surface area contributed by atoms with Gasteiger partial charge in [-0.15, -0.1) is 0 Å². The SMILES string of the molecule is Cc1ccc(C(O)Cn2c(C)nc3ccccc32)cc1. The molecule has 3 rings (SSSR count). The quantitative estimate of drug-likeness (QED) is 0.789. The number of aryl methyl sites for hydroxylation is 2. The zero-order chi connectivity index (χ0) is 14.1. The molecule has 102 valence electrons. The molecule has 0 aliphatic rings. The van der Waals surface area contributed by atoms with Crippen molar-refractivity contribution in [1.29, 1.82) is 0 Å². The van der Waals surface area contributed by atoms with Crippen LogP contribution in [0.15, 0.2) is 48.5 Å². The summed E-state index contributed by atoms with van der Waals surface area (Å²) in [6.07, 6.45) is -0.521. The van der Waals surface area contributed by atoms with Crippen molar-refractivity contribution in [3.63, 3.8) is 0 Å². The van der Waals surface area contributed by atoms with E-state index < -0.39 is 6.10 Å². The Kier molecular flexibility index (Phi) is 3.28. The summed E-state index contributed by atoms with van der Waals surface area (Å²) in [5.41, 5.74) is 4.18. The molecule has 0 aliphatic carbocycles. The van der Waals surface area contributed by atoms with Gasteiger partial charge in [0.25, 0.3) is 0 Å². The minimum atomic E-state index is -0.521. The summed E-state index contributed by atoms with van der Waals surface area (Å²) in [4.78, 5) is 4.53. The van der Waals surface area contributed by atoms with Gasteiger partial charge < -0.3 is 9.67 Å². The van der Waals surface area contributed by atoms with Gasteiger partial charge in [0.1, 0.15) is 5.82 Å². The lowest BCUT2D eigenvalue weighted by Gasteiger charge is -2.14. The summed E-state index contributed by atoms with van der Waals surface area (Å²) in [6, 6.07) is 16.0. The molecular weight excluding hydrogens is 248 g/mol. The number of nitrogens with zero attached hydrogens (tertiary/aromatic N) is 2. The van der Waals surface area contributed by atoms with Crippen molar-refractivity contribution in [2.24, 2.45) is 0 Å². The highest BCUT2D eigenvalue weighted by Gasteiger charge is 2.12. The van der Waals surface area contributed by atoms with E-state index in [-0.39, 0.29) is 0 Å². The zero-order valence-corrected chi connectivity index (χ0v) is 11.7. The molecule has 3 heteroatoms. The molecule has 0 saturated carbocycles. The average Bonchev–Trinajstić information content (AvgIpc) is 2.76. The standard InChI is InChI=1S/C17H18N2O/c1-12-7-9-14(10-8-12)17(20)11-19-13(2)18-15-5-3-4-6-16(15)19/h3-10,17,20H,11H2,1-2H3. The number of hydrogen-bond donors (Lipinski definition) is 1.